The highest BCUT2D eigenvalue weighted by molar-refractivity contribution is 6.36. The second kappa shape index (κ2) is 6.47. The lowest BCUT2D eigenvalue weighted by atomic mass is 10.1. The summed E-state index contributed by atoms with van der Waals surface area (Å²) in [6.07, 6.45) is 0. The van der Waals surface area contributed by atoms with E-state index < -0.39 is 0 Å². The second-order valence-corrected chi connectivity index (χ2v) is 4.98. The van der Waals surface area contributed by atoms with Crippen molar-refractivity contribution in [3.05, 3.63) is 63.6 Å². The molecule has 108 valence electrons. The van der Waals surface area contributed by atoms with Crippen LogP contribution in [-0.4, -0.2) is 17.0 Å². The number of rotatable bonds is 3. The van der Waals surface area contributed by atoms with Crippen molar-refractivity contribution in [1.82, 2.24) is 0 Å². The molecule has 0 saturated heterocycles. The quantitative estimate of drug-likeness (QED) is 0.350. The van der Waals surface area contributed by atoms with Gasteiger partial charge in [0.05, 0.1) is 10.6 Å². The van der Waals surface area contributed by atoms with Gasteiger partial charge in [0.1, 0.15) is 0 Å². The van der Waals surface area contributed by atoms with Crippen LogP contribution in [0.4, 0.5) is 5.69 Å². The first-order valence-corrected chi connectivity index (χ1v) is 6.61. The van der Waals surface area contributed by atoms with Gasteiger partial charge in [-0.05, 0) is 42.5 Å². The Morgan fingerprint density at radius 2 is 1.81 bits per heavy atom. The van der Waals surface area contributed by atoms with Gasteiger partial charge in [-0.1, -0.05) is 28.4 Å². The van der Waals surface area contributed by atoms with Crippen LogP contribution in [0.25, 0.3) is 0 Å². The lowest BCUT2D eigenvalue weighted by Gasteiger charge is -2.08. The lowest BCUT2D eigenvalue weighted by molar-refractivity contribution is 0.102. The predicted molar refractivity (Wildman–Crippen MR) is 83.4 cm³/mol. The van der Waals surface area contributed by atoms with E-state index in [4.69, 9.17) is 34.1 Å². The number of benzene rings is 2. The van der Waals surface area contributed by atoms with Crippen LogP contribution in [0.2, 0.25) is 10.0 Å². The standard InChI is InChI=1S/C14H11Cl2N3O2/c15-9-3-6-12(16)11(7-9)14(20)18-10-4-1-8(2-5-10)13(17)19-21/h1-7,21H,(H2,17,19)(H,18,20). The minimum absolute atomic E-state index is 0.00855. The number of nitrogens with two attached hydrogens (primary N) is 1. The van der Waals surface area contributed by atoms with Crippen LogP contribution in [0.1, 0.15) is 15.9 Å². The SMILES string of the molecule is N/C(=N/O)c1ccc(NC(=O)c2cc(Cl)ccc2Cl)cc1. The van der Waals surface area contributed by atoms with Gasteiger partial charge >= 0.3 is 0 Å². The average Bonchev–Trinajstić information content (AvgIpc) is 2.49. The minimum atomic E-state index is -0.376. The minimum Gasteiger partial charge on any atom is -0.409 e. The number of carbonyl (C=O) groups excluding carboxylic acids is 1. The number of oxime groups is 1. The Morgan fingerprint density at radius 3 is 2.43 bits per heavy atom. The largest absolute Gasteiger partial charge is 0.409 e. The van der Waals surface area contributed by atoms with Crippen molar-refractivity contribution in [1.29, 1.82) is 0 Å². The van der Waals surface area contributed by atoms with E-state index in [1.165, 1.54) is 6.07 Å². The lowest BCUT2D eigenvalue weighted by Crippen LogP contribution is -2.14. The van der Waals surface area contributed by atoms with Gasteiger partial charge in [0.15, 0.2) is 5.84 Å². The number of nitrogens with one attached hydrogen (secondary N) is 1. The molecule has 7 heteroatoms. The van der Waals surface area contributed by atoms with Crippen molar-refractivity contribution >= 4 is 40.6 Å². The summed E-state index contributed by atoms with van der Waals surface area (Å²) < 4.78 is 0. The van der Waals surface area contributed by atoms with E-state index in [-0.39, 0.29) is 17.3 Å². The molecule has 21 heavy (non-hydrogen) atoms. The van der Waals surface area contributed by atoms with Crippen LogP contribution in [0.15, 0.2) is 47.6 Å². The number of amidine groups is 1. The molecule has 0 fully saturated rings. The molecule has 2 rings (SSSR count). The maximum atomic E-state index is 12.1. The summed E-state index contributed by atoms with van der Waals surface area (Å²) in [5, 5.41) is 14.9. The molecule has 2 aromatic carbocycles. The highest BCUT2D eigenvalue weighted by Crippen LogP contribution is 2.22. The van der Waals surface area contributed by atoms with E-state index in [0.29, 0.717) is 21.3 Å². The topological polar surface area (TPSA) is 87.7 Å². The molecule has 0 heterocycles. The first-order valence-electron chi connectivity index (χ1n) is 5.85. The molecule has 2 aromatic rings. The molecule has 0 saturated carbocycles. The zero-order valence-electron chi connectivity index (χ0n) is 10.7. The summed E-state index contributed by atoms with van der Waals surface area (Å²) in [4.78, 5) is 12.1. The van der Waals surface area contributed by atoms with E-state index >= 15 is 0 Å². The van der Waals surface area contributed by atoms with Gasteiger partial charge in [-0.15, -0.1) is 0 Å². The molecule has 1 amide bonds. The summed E-state index contributed by atoms with van der Waals surface area (Å²) in [5.74, 6) is -0.384. The van der Waals surface area contributed by atoms with E-state index in [0.717, 1.165) is 0 Å². The van der Waals surface area contributed by atoms with Gasteiger partial charge in [0.2, 0.25) is 0 Å². The molecule has 0 aliphatic rings. The zero-order valence-corrected chi connectivity index (χ0v) is 12.2. The Balaban J connectivity index is 2.18. The van der Waals surface area contributed by atoms with Crippen LogP contribution < -0.4 is 11.1 Å². The van der Waals surface area contributed by atoms with E-state index in [1.807, 2.05) is 0 Å². The van der Waals surface area contributed by atoms with Crippen molar-refractivity contribution in [2.45, 2.75) is 0 Å². The Morgan fingerprint density at radius 1 is 1.14 bits per heavy atom. The number of carbonyl (C=O) groups is 1. The Bertz CT molecular complexity index is 700. The molecular weight excluding hydrogens is 313 g/mol. The highest BCUT2D eigenvalue weighted by Gasteiger charge is 2.11. The van der Waals surface area contributed by atoms with Gasteiger partial charge in [-0.3, -0.25) is 4.79 Å². The molecule has 0 aromatic heterocycles. The average molecular weight is 324 g/mol. The maximum Gasteiger partial charge on any atom is 0.257 e. The molecule has 0 radical (unpaired) electrons. The fourth-order valence-electron chi connectivity index (χ4n) is 1.65. The zero-order chi connectivity index (χ0) is 15.4. The van der Waals surface area contributed by atoms with Crippen LogP contribution in [0.3, 0.4) is 0 Å². The third-order valence-corrected chi connectivity index (χ3v) is 3.28. The summed E-state index contributed by atoms with van der Waals surface area (Å²) in [5.41, 5.74) is 6.82. The van der Waals surface area contributed by atoms with E-state index in [1.54, 1.807) is 36.4 Å². The summed E-state index contributed by atoms with van der Waals surface area (Å²) >= 11 is 11.8. The smallest absolute Gasteiger partial charge is 0.257 e. The second-order valence-electron chi connectivity index (χ2n) is 4.14. The third-order valence-electron chi connectivity index (χ3n) is 2.72. The van der Waals surface area contributed by atoms with Gasteiger partial charge in [0.25, 0.3) is 5.91 Å². The van der Waals surface area contributed by atoms with Crippen LogP contribution in [0.5, 0.6) is 0 Å². The van der Waals surface area contributed by atoms with E-state index in [9.17, 15) is 4.79 Å². The fraction of sp³-hybridized carbons (Fsp3) is 0. The molecule has 5 nitrogen and oxygen atoms in total. The van der Waals surface area contributed by atoms with Crippen molar-refractivity contribution in [2.24, 2.45) is 10.9 Å². The molecule has 0 bridgehead atoms. The predicted octanol–water partition coefficient (Wildman–Crippen LogP) is 3.34. The van der Waals surface area contributed by atoms with Crippen molar-refractivity contribution in [3.8, 4) is 0 Å². The fourth-order valence-corrected chi connectivity index (χ4v) is 2.03. The molecule has 4 N–H and O–H groups in total. The molecule has 0 unspecified atom stereocenters. The number of amides is 1. The molecular formula is C14H11Cl2N3O2. The van der Waals surface area contributed by atoms with Gasteiger partial charge < -0.3 is 16.3 Å². The number of anilines is 1. The van der Waals surface area contributed by atoms with Crippen molar-refractivity contribution in [2.75, 3.05) is 5.32 Å². The summed E-state index contributed by atoms with van der Waals surface area (Å²) in [7, 11) is 0. The first-order chi connectivity index (χ1) is 10.0. The van der Waals surface area contributed by atoms with Gasteiger partial charge in [0, 0.05) is 16.3 Å². The molecule has 0 atom stereocenters. The molecule has 0 spiro atoms. The van der Waals surface area contributed by atoms with Crippen LogP contribution in [-0.2, 0) is 0 Å². The molecule has 0 aliphatic carbocycles. The van der Waals surface area contributed by atoms with Gasteiger partial charge in [-0.2, -0.15) is 0 Å². The Hall–Kier alpha value is -2.24. The van der Waals surface area contributed by atoms with Crippen molar-refractivity contribution < 1.29 is 10.0 Å². The number of hydrogen-bond acceptors (Lipinski definition) is 3. The van der Waals surface area contributed by atoms with Gasteiger partial charge in [-0.25, -0.2) is 0 Å². The monoisotopic (exact) mass is 323 g/mol. The first kappa shape index (κ1) is 15.2. The number of halogens is 2. The Kier molecular flexibility index (Phi) is 4.67. The number of nitrogens with zero attached hydrogens (tertiary/aromatic N) is 1. The molecule has 0 aliphatic heterocycles. The van der Waals surface area contributed by atoms with Crippen LogP contribution in [0, 0.1) is 0 Å². The number of hydrogen-bond donors (Lipinski definition) is 3. The van der Waals surface area contributed by atoms with Crippen LogP contribution >= 0.6 is 23.2 Å². The third kappa shape index (κ3) is 3.65. The van der Waals surface area contributed by atoms with Crippen molar-refractivity contribution in [3.63, 3.8) is 0 Å². The highest BCUT2D eigenvalue weighted by atomic mass is 35.5. The summed E-state index contributed by atoms with van der Waals surface area (Å²) in [6, 6.07) is 11.1. The normalized spacial score (nSPS) is 11.2. The Labute approximate surface area is 131 Å². The van der Waals surface area contributed by atoms with E-state index in [2.05, 4.69) is 10.5 Å². The summed E-state index contributed by atoms with van der Waals surface area (Å²) in [6.45, 7) is 0. The maximum absolute atomic E-state index is 12.1.